The van der Waals surface area contributed by atoms with Crippen LogP contribution in [0.25, 0.3) is 0 Å². The molecule has 0 aromatic carbocycles. The van der Waals surface area contributed by atoms with Gasteiger partial charge in [0.1, 0.15) is 0 Å². The normalized spacial score (nSPS) is 11.6. The van der Waals surface area contributed by atoms with Gasteiger partial charge in [-0.05, 0) is 13.3 Å². The predicted octanol–water partition coefficient (Wildman–Crippen LogP) is 0.992. The van der Waals surface area contributed by atoms with Crippen LogP contribution in [0.3, 0.4) is 0 Å². The van der Waals surface area contributed by atoms with Crippen molar-refractivity contribution in [3.8, 4) is 0 Å². The van der Waals surface area contributed by atoms with Crippen molar-refractivity contribution in [3.63, 3.8) is 0 Å². The summed E-state index contributed by atoms with van der Waals surface area (Å²) in [4.78, 5) is 0. The van der Waals surface area contributed by atoms with E-state index in [4.69, 9.17) is 0 Å². The van der Waals surface area contributed by atoms with Crippen molar-refractivity contribution in [2.24, 2.45) is 5.10 Å². The Morgan fingerprint density at radius 2 is 2.29 bits per heavy atom. The molecule has 0 aliphatic heterocycles. The van der Waals surface area contributed by atoms with E-state index in [1.807, 2.05) is 6.92 Å². The van der Waals surface area contributed by atoms with Gasteiger partial charge in [0.2, 0.25) is 0 Å². The second kappa shape index (κ2) is 3.65. The molecule has 0 aromatic heterocycles. The molecule has 2 nitrogen and oxygen atoms in total. The van der Waals surface area contributed by atoms with Crippen molar-refractivity contribution in [2.75, 3.05) is 7.05 Å². The Morgan fingerprint density at radius 3 is 2.43 bits per heavy atom. The van der Waals surface area contributed by atoms with Crippen LogP contribution in [0.1, 0.15) is 20.3 Å². The van der Waals surface area contributed by atoms with E-state index in [-0.39, 0.29) is 0 Å². The Labute approximate surface area is 44.6 Å². The summed E-state index contributed by atoms with van der Waals surface area (Å²) in [7, 11) is 1.80. The van der Waals surface area contributed by atoms with E-state index in [0.29, 0.717) is 0 Å². The summed E-state index contributed by atoms with van der Waals surface area (Å²) in [6.07, 6.45) is 1.03. The highest BCUT2D eigenvalue weighted by Gasteiger charge is 1.78. The van der Waals surface area contributed by atoms with Gasteiger partial charge in [0, 0.05) is 12.8 Å². The van der Waals surface area contributed by atoms with Crippen LogP contribution in [0.4, 0.5) is 0 Å². The minimum Gasteiger partial charge on any atom is -0.313 e. The molecule has 0 rings (SSSR count). The topological polar surface area (TPSA) is 24.4 Å². The maximum Gasteiger partial charge on any atom is 0.0344 e. The Bertz CT molecular complexity index is 66.5. The lowest BCUT2D eigenvalue weighted by Crippen LogP contribution is -1.99. The van der Waals surface area contributed by atoms with Crippen LogP contribution in [-0.4, -0.2) is 12.8 Å². The van der Waals surface area contributed by atoms with Crippen molar-refractivity contribution < 1.29 is 0 Å². The SMILES string of the molecule is CC/C(C)=N\NC. The third-order valence-corrected chi connectivity index (χ3v) is 0.814. The molecule has 0 radical (unpaired) electrons. The third kappa shape index (κ3) is 3.30. The summed E-state index contributed by atoms with van der Waals surface area (Å²) in [6.45, 7) is 4.08. The molecule has 7 heavy (non-hydrogen) atoms. The van der Waals surface area contributed by atoms with Crippen molar-refractivity contribution >= 4 is 5.71 Å². The van der Waals surface area contributed by atoms with Crippen molar-refractivity contribution in [1.82, 2.24) is 5.43 Å². The first-order chi connectivity index (χ1) is 3.31. The van der Waals surface area contributed by atoms with Crippen LogP contribution in [0.2, 0.25) is 0 Å². The van der Waals surface area contributed by atoms with Crippen LogP contribution >= 0.6 is 0 Å². The van der Waals surface area contributed by atoms with Crippen LogP contribution in [-0.2, 0) is 0 Å². The van der Waals surface area contributed by atoms with Gasteiger partial charge in [-0.2, -0.15) is 5.10 Å². The molecule has 0 fully saturated rings. The maximum absolute atomic E-state index is 3.91. The van der Waals surface area contributed by atoms with Crippen LogP contribution in [0, 0.1) is 0 Å². The van der Waals surface area contributed by atoms with Gasteiger partial charge in [-0.25, -0.2) is 0 Å². The molecule has 2 heteroatoms. The fourth-order valence-corrected chi connectivity index (χ4v) is 0.270. The molecule has 0 bridgehead atoms. The number of nitrogens with one attached hydrogen (secondary N) is 1. The van der Waals surface area contributed by atoms with Gasteiger partial charge in [-0.15, -0.1) is 0 Å². The molecule has 0 unspecified atom stereocenters. The van der Waals surface area contributed by atoms with Gasteiger partial charge in [0.15, 0.2) is 0 Å². The van der Waals surface area contributed by atoms with Crippen LogP contribution in [0.5, 0.6) is 0 Å². The Balaban J connectivity index is 3.29. The number of hydrogen-bond donors (Lipinski definition) is 1. The highest BCUT2D eigenvalue weighted by molar-refractivity contribution is 5.81. The molecule has 0 aromatic rings. The minimum absolute atomic E-state index is 1.03. The molecule has 0 spiro atoms. The molecule has 0 heterocycles. The Morgan fingerprint density at radius 1 is 1.71 bits per heavy atom. The third-order valence-electron chi connectivity index (χ3n) is 0.814. The largest absolute Gasteiger partial charge is 0.313 e. The second-order valence-corrected chi connectivity index (χ2v) is 1.42. The van der Waals surface area contributed by atoms with Crippen molar-refractivity contribution in [2.45, 2.75) is 20.3 Å². The summed E-state index contributed by atoms with van der Waals surface area (Å²) in [6, 6.07) is 0. The molecule has 1 N–H and O–H groups in total. The Kier molecular flexibility index (Phi) is 3.38. The first kappa shape index (κ1) is 6.47. The highest BCUT2D eigenvalue weighted by atomic mass is 15.3. The lowest BCUT2D eigenvalue weighted by Gasteiger charge is -1.90. The Hall–Kier alpha value is -0.530. The monoisotopic (exact) mass is 100 g/mol. The number of hydrogen-bond acceptors (Lipinski definition) is 2. The fraction of sp³-hybridized carbons (Fsp3) is 0.800. The molecule has 42 valence electrons. The van der Waals surface area contributed by atoms with E-state index in [9.17, 15) is 0 Å². The average Bonchev–Trinajstić information content (AvgIpc) is 1.68. The number of nitrogens with zero attached hydrogens (tertiary/aromatic N) is 1. The van der Waals surface area contributed by atoms with Crippen molar-refractivity contribution in [1.29, 1.82) is 0 Å². The maximum atomic E-state index is 3.91. The number of hydrazone groups is 1. The van der Waals surface area contributed by atoms with E-state index >= 15 is 0 Å². The van der Waals surface area contributed by atoms with E-state index in [1.165, 1.54) is 0 Å². The molecule has 0 saturated carbocycles. The zero-order valence-electron chi connectivity index (χ0n) is 5.15. The highest BCUT2D eigenvalue weighted by Crippen LogP contribution is 1.78. The summed E-state index contributed by atoms with van der Waals surface area (Å²) in [5, 5.41) is 3.91. The minimum atomic E-state index is 1.03. The molecule has 0 atom stereocenters. The van der Waals surface area contributed by atoms with Gasteiger partial charge in [-0.1, -0.05) is 6.92 Å². The van der Waals surface area contributed by atoms with E-state index in [0.717, 1.165) is 12.1 Å². The zero-order valence-corrected chi connectivity index (χ0v) is 5.15. The van der Waals surface area contributed by atoms with E-state index in [2.05, 4.69) is 17.5 Å². The summed E-state index contributed by atoms with van der Waals surface area (Å²) in [5.74, 6) is 0. The smallest absolute Gasteiger partial charge is 0.0344 e. The summed E-state index contributed by atoms with van der Waals surface area (Å²) in [5.41, 5.74) is 3.85. The second-order valence-electron chi connectivity index (χ2n) is 1.42. The molecular weight excluding hydrogens is 88.1 g/mol. The average molecular weight is 100 g/mol. The summed E-state index contributed by atoms with van der Waals surface area (Å²) >= 11 is 0. The predicted molar refractivity (Wildman–Crippen MR) is 32.5 cm³/mol. The van der Waals surface area contributed by atoms with Crippen LogP contribution < -0.4 is 5.43 Å². The zero-order chi connectivity index (χ0) is 5.70. The van der Waals surface area contributed by atoms with Gasteiger partial charge in [-0.3, -0.25) is 0 Å². The fourth-order valence-electron chi connectivity index (χ4n) is 0.270. The molecule has 0 aliphatic carbocycles. The van der Waals surface area contributed by atoms with Gasteiger partial charge < -0.3 is 5.43 Å². The first-order valence-electron chi connectivity index (χ1n) is 2.51. The molecule has 0 amide bonds. The number of rotatable bonds is 2. The van der Waals surface area contributed by atoms with E-state index in [1.54, 1.807) is 7.05 Å². The van der Waals surface area contributed by atoms with E-state index < -0.39 is 0 Å². The lowest BCUT2D eigenvalue weighted by molar-refractivity contribution is 0.890. The van der Waals surface area contributed by atoms with Crippen LogP contribution in [0.15, 0.2) is 5.10 Å². The van der Waals surface area contributed by atoms with Gasteiger partial charge in [0.25, 0.3) is 0 Å². The lowest BCUT2D eigenvalue weighted by atomic mass is 10.3. The van der Waals surface area contributed by atoms with Gasteiger partial charge >= 0.3 is 0 Å². The molecule has 0 saturated heterocycles. The molecule has 0 aliphatic rings. The molecular formula is C5H12N2. The summed E-state index contributed by atoms with van der Waals surface area (Å²) < 4.78 is 0. The standard InChI is InChI=1S/C5H12N2/c1-4-5(2)7-6-3/h6H,4H2,1-3H3/b7-5-. The quantitative estimate of drug-likeness (QED) is 0.406. The van der Waals surface area contributed by atoms with Gasteiger partial charge in [0.05, 0.1) is 0 Å². The first-order valence-corrected chi connectivity index (χ1v) is 2.51. The van der Waals surface area contributed by atoms with Crippen molar-refractivity contribution in [3.05, 3.63) is 0 Å².